The van der Waals surface area contributed by atoms with E-state index in [2.05, 4.69) is 88.4 Å². The van der Waals surface area contributed by atoms with Crippen LogP contribution < -0.4 is 0 Å². The van der Waals surface area contributed by atoms with Gasteiger partial charge in [0.2, 0.25) is 0 Å². The van der Waals surface area contributed by atoms with Gasteiger partial charge in [0.25, 0.3) is 0 Å². The lowest BCUT2D eigenvalue weighted by Gasteiger charge is -2.35. The van der Waals surface area contributed by atoms with Crippen molar-refractivity contribution >= 4 is 0 Å². The van der Waals surface area contributed by atoms with E-state index in [0.717, 1.165) is 19.4 Å². The minimum atomic E-state index is -0.209. The predicted octanol–water partition coefficient (Wildman–Crippen LogP) is 12.3. The van der Waals surface area contributed by atoms with Crippen molar-refractivity contribution in [3.05, 3.63) is 71.8 Å². The average molecular weight is 535 g/mol. The largest absolute Gasteiger partial charge is 0.371 e. The number of benzene rings is 2. The zero-order valence-corrected chi connectivity index (χ0v) is 26.3. The number of hydrogen-bond acceptors (Lipinski definition) is 1. The van der Waals surface area contributed by atoms with Crippen molar-refractivity contribution in [1.82, 2.24) is 0 Å². The van der Waals surface area contributed by atoms with Gasteiger partial charge in [-0.05, 0) is 42.7 Å². The van der Waals surface area contributed by atoms with E-state index in [-0.39, 0.29) is 11.0 Å². The molecule has 2 aromatic rings. The van der Waals surface area contributed by atoms with Gasteiger partial charge in [-0.15, -0.1) is 0 Å². The first-order valence-corrected chi connectivity index (χ1v) is 16.8. The normalized spacial score (nSPS) is 14.7. The molecule has 2 unspecified atom stereocenters. The van der Waals surface area contributed by atoms with Gasteiger partial charge in [-0.2, -0.15) is 0 Å². The number of ether oxygens (including phenoxy) is 1. The van der Waals surface area contributed by atoms with E-state index >= 15 is 0 Å². The molecule has 0 aliphatic heterocycles. The first-order valence-electron chi connectivity index (χ1n) is 16.8. The van der Waals surface area contributed by atoms with Crippen LogP contribution in [0.15, 0.2) is 60.7 Å². The molecule has 2 aromatic carbocycles. The van der Waals surface area contributed by atoms with Crippen molar-refractivity contribution < 1.29 is 4.74 Å². The maximum atomic E-state index is 6.87. The van der Waals surface area contributed by atoms with Gasteiger partial charge >= 0.3 is 0 Å². The summed E-state index contributed by atoms with van der Waals surface area (Å²) >= 11 is 0. The molecule has 1 nitrogen and oxygen atoms in total. The fourth-order valence-corrected chi connectivity index (χ4v) is 6.09. The highest BCUT2D eigenvalue weighted by molar-refractivity contribution is 5.25. The van der Waals surface area contributed by atoms with Crippen molar-refractivity contribution in [2.45, 2.75) is 161 Å². The summed E-state index contributed by atoms with van der Waals surface area (Å²) in [6.07, 6.45) is 25.3. The summed E-state index contributed by atoms with van der Waals surface area (Å²) in [6, 6.07) is 22.2. The molecule has 0 aromatic heterocycles. The second-order valence-electron chi connectivity index (χ2n) is 12.6. The lowest BCUT2D eigenvalue weighted by Crippen LogP contribution is -2.30. The summed E-state index contributed by atoms with van der Waals surface area (Å²) in [5, 5.41) is 0. The van der Waals surface area contributed by atoms with Crippen LogP contribution in [0.5, 0.6) is 0 Å². The fourth-order valence-electron chi connectivity index (χ4n) is 6.09. The first kappa shape index (κ1) is 33.6. The van der Waals surface area contributed by atoms with Crippen LogP contribution >= 0.6 is 0 Å². The molecule has 220 valence electrons. The maximum absolute atomic E-state index is 6.87. The highest BCUT2D eigenvalue weighted by Gasteiger charge is 2.30. The van der Waals surface area contributed by atoms with E-state index in [4.69, 9.17) is 4.74 Å². The molecule has 0 aliphatic rings. The molecule has 2 rings (SSSR count). The molecule has 2 atom stereocenters. The lowest BCUT2D eigenvalue weighted by molar-refractivity contribution is -0.0511. The Morgan fingerprint density at radius 2 is 0.872 bits per heavy atom. The van der Waals surface area contributed by atoms with E-state index in [1.807, 2.05) is 0 Å². The van der Waals surface area contributed by atoms with Crippen molar-refractivity contribution in [2.75, 3.05) is 6.61 Å². The van der Waals surface area contributed by atoms with Crippen LogP contribution in [0.25, 0.3) is 0 Å². The Bertz CT molecular complexity index is 746. The van der Waals surface area contributed by atoms with Gasteiger partial charge in [0.1, 0.15) is 0 Å². The van der Waals surface area contributed by atoms with Crippen LogP contribution in [0.4, 0.5) is 0 Å². The molecular weight excluding hydrogens is 472 g/mol. The molecule has 0 fully saturated rings. The van der Waals surface area contributed by atoms with Crippen LogP contribution in [0.2, 0.25) is 0 Å². The predicted molar refractivity (Wildman–Crippen MR) is 173 cm³/mol. The SMILES string of the molecule is CCCCCCCCCCC(C)(CCOC(C)(CCCCCCCCCC)c1ccccc1)c1ccccc1. The molecule has 0 saturated carbocycles. The molecule has 0 N–H and O–H groups in total. The standard InChI is InChI=1S/C38H62O/c1-5-7-9-11-13-15-17-25-31-37(3,35-27-21-19-22-28-35)33-34-39-38(4,36-29-23-20-24-30-36)32-26-18-16-14-12-10-8-6-2/h19-24,27-30H,5-18,25-26,31-34H2,1-4H3. The summed E-state index contributed by atoms with van der Waals surface area (Å²) in [6.45, 7) is 10.2. The third kappa shape index (κ3) is 13.5. The van der Waals surface area contributed by atoms with Gasteiger partial charge in [-0.25, -0.2) is 0 Å². The number of hydrogen-bond donors (Lipinski definition) is 0. The van der Waals surface area contributed by atoms with E-state index in [0.29, 0.717) is 0 Å². The zero-order chi connectivity index (χ0) is 28.1. The Hall–Kier alpha value is -1.60. The third-order valence-electron chi connectivity index (χ3n) is 9.02. The summed E-state index contributed by atoms with van der Waals surface area (Å²) in [5.74, 6) is 0. The smallest absolute Gasteiger partial charge is 0.0903 e. The molecule has 1 heteroatoms. The quantitative estimate of drug-likeness (QED) is 0.122. The lowest BCUT2D eigenvalue weighted by atomic mass is 9.75. The molecule has 39 heavy (non-hydrogen) atoms. The minimum absolute atomic E-state index is 0.166. The Morgan fingerprint density at radius 3 is 1.36 bits per heavy atom. The van der Waals surface area contributed by atoms with Crippen LogP contribution in [-0.4, -0.2) is 6.61 Å². The van der Waals surface area contributed by atoms with Gasteiger partial charge in [0, 0.05) is 6.61 Å². The third-order valence-corrected chi connectivity index (χ3v) is 9.02. The van der Waals surface area contributed by atoms with E-state index < -0.39 is 0 Å². The summed E-state index contributed by atoms with van der Waals surface area (Å²) < 4.78 is 6.87. The maximum Gasteiger partial charge on any atom is 0.0903 e. The minimum Gasteiger partial charge on any atom is -0.371 e. The number of rotatable bonds is 24. The van der Waals surface area contributed by atoms with Crippen molar-refractivity contribution in [1.29, 1.82) is 0 Å². The van der Waals surface area contributed by atoms with Crippen molar-refractivity contribution in [2.24, 2.45) is 0 Å². The second kappa shape index (κ2) is 20.3. The highest BCUT2D eigenvalue weighted by atomic mass is 16.5. The molecule has 0 heterocycles. The van der Waals surface area contributed by atoms with E-state index in [1.165, 1.54) is 120 Å². The topological polar surface area (TPSA) is 9.23 Å². The van der Waals surface area contributed by atoms with Crippen LogP contribution in [0.3, 0.4) is 0 Å². The molecule has 0 amide bonds. The Balaban J connectivity index is 1.91. The van der Waals surface area contributed by atoms with Gasteiger partial charge in [-0.3, -0.25) is 0 Å². The van der Waals surface area contributed by atoms with Crippen molar-refractivity contribution in [3.8, 4) is 0 Å². The number of unbranched alkanes of at least 4 members (excludes halogenated alkanes) is 14. The van der Waals surface area contributed by atoms with Crippen LogP contribution in [0.1, 0.15) is 161 Å². The second-order valence-corrected chi connectivity index (χ2v) is 12.6. The Labute approximate surface area is 243 Å². The Kier molecular flexibility index (Phi) is 17.5. The summed E-state index contributed by atoms with van der Waals surface area (Å²) in [7, 11) is 0. The molecular formula is C38H62O. The summed E-state index contributed by atoms with van der Waals surface area (Å²) in [5.41, 5.74) is 2.76. The van der Waals surface area contributed by atoms with Crippen LogP contribution in [0, 0.1) is 0 Å². The van der Waals surface area contributed by atoms with Gasteiger partial charge in [-0.1, -0.05) is 184 Å². The van der Waals surface area contributed by atoms with Gasteiger partial charge < -0.3 is 4.74 Å². The monoisotopic (exact) mass is 534 g/mol. The first-order chi connectivity index (χ1) is 19.0. The zero-order valence-electron chi connectivity index (χ0n) is 26.3. The molecule has 0 aliphatic carbocycles. The fraction of sp³-hybridized carbons (Fsp3) is 0.684. The van der Waals surface area contributed by atoms with Gasteiger partial charge in [0.15, 0.2) is 0 Å². The van der Waals surface area contributed by atoms with Gasteiger partial charge in [0.05, 0.1) is 5.60 Å². The molecule has 0 spiro atoms. The van der Waals surface area contributed by atoms with E-state index in [1.54, 1.807) is 0 Å². The van der Waals surface area contributed by atoms with E-state index in [9.17, 15) is 0 Å². The van der Waals surface area contributed by atoms with Crippen molar-refractivity contribution in [3.63, 3.8) is 0 Å². The molecule has 0 radical (unpaired) electrons. The van der Waals surface area contributed by atoms with Crippen LogP contribution in [-0.2, 0) is 15.8 Å². The highest BCUT2D eigenvalue weighted by Crippen LogP contribution is 2.37. The Morgan fingerprint density at radius 1 is 0.462 bits per heavy atom. The molecule has 0 bridgehead atoms. The summed E-state index contributed by atoms with van der Waals surface area (Å²) in [4.78, 5) is 0. The molecule has 0 saturated heterocycles. The average Bonchev–Trinajstić information content (AvgIpc) is 2.97.